The summed E-state index contributed by atoms with van der Waals surface area (Å²) in [7, 11) is 1.58. The normalized spacial score (nSPS) is 19.7. The van der Waals surface area contributed by atoms with Gasteiger partial charge in [-0.15, -0.1) is 0 Å². The van der Waals surface area contributed by atoms with Crippen LogP contribution in [0.4, 0.5) is 0 Å². The first-order valence-corrected chi connectivity index (χ1v) is 8.24. The van der Waals surface area contributed by atoms with Gasteiger partial charge in [-0.1, -0.05) is 30.3 Å². The second-order valence-electron chi connectivity index (χ2n) is 6.43. The van der Waals surface area contributed by atoms with E-state index in [2.05, 4.69) is 0 Å². The topological polar surface area (TPSA) is 66.8 Å². The van der Waals surface area contributed by atoms with Crippen LogP contribution in [-0.4, -0.2) is 35.0 Å². The third-order valence-electron chi connectivity index (χ3n) is 4.66. The van der Waals surface area contributed by atoms with E-state index in [1.165, 1.54) is 0 Å². The fourth-order valence-electron chi connectivity index (χ4n) is 3.54. The van der Waals surface area contributed by atoms with Crippen LogP contribution in [0.25, 0.3) is 0 Å². The molecule has 0 aliphatic carbocycles. The molecule has 2 aromatic rings. The molecule has 1 N–H and O–H groups in total. The van der Waals surface area contributed by atoms with Crippen molar-refractivity contribution in [1.82, 2.24) is 4.90 Å². The van der Waals surface area contributed by atoms with E-state index < -0.39 is 17.9 Å². The minimum Gasteiger partial charge on any atom is -0.497 e. The molecule has 1 aliphatic heterocycles. The molecule has 2 unspecified atom stereocenters. The van der Waals surface area contributed by atoms with Gasteiger partial charge in [0, 0.05) is 11.6 Å². The van der Waals surface area contributed by atoms with Gasteiger partial charge < -0.3 is 14.7 Å². The van der Waals surface area contributed by atoms with Crippen molar-refractivity contribution >= 4 is 11.9 Å². The number of carbonyl (C=O) groups is 2. The molecule has 25 heavy (non-hydrogen) atoms. The smallest absolute Gasteiger partial charge is 0.313 e. The highest BCUT2D eigenvalue weighted by atomic mass is 16.5. The van der Waals surface area contributed by atoms with Gasteiger partial charge in [0.15, 0.2) is 0 Å². The number of benzene rings is 2. The van der Waals surface area contributed by atoms with Crippen molar-refractivity contribution in [3.8, 4) is 5.75 Å². The Bertz CT molecular complexity index is 798. The number of ether oxygens (including phenoxy) is 1. The summed E-state index contributed by atoms with van der Waals surface area (Å²) in [4.78, 5) is 26.8. The second kappa shape index (κ2) is 6.59. The summed E-state index contributed by atoms with van der Waals surface area (Å²) in [5.41, 5.74) is 1.82. The minimum atomic E-state index is -0.939. The van der Waals surface area contributed by atoms with E-state index in [0.717, 1.165) is 5.56 Å². The van der Waals surface area contributed by atoms with Crippen LogP contribution < -0.4 is 4.74 Å². The maximum Gasteiger partial charge on any atom is 0.313 e. The van der Waals surface area contributed by atoms with Crippen molar-refractivity contribution in [3.05, 3.63) is 65.2 Å². The number of methoxy groups -OCH3 is 1. The van der Waals surface area contributed by atoms with Gasteiger partial charge in [0.25, 0.3) is 5.91 Å². The zero-order valence-corrected chi connectivity index (χ0v) is 14.5. The maximum atomic E-state index is 13.0. The molecule has 2 aromatic carbocycles. The van der Waals surface area contributed by atoms with Crippen LogP contribution >= 0.6 is 0 Å². The van der Waals surface area contributed by atoms with Gasteiger partial charge in [0.2, 0.25) is 0 Å². The molecular weight excluding hydrogens is 318 g/mol. The minimum absolute atomic E-state index is 0.130. The predicted octanol–water partition coefficient (Wildman–Crippen LogP) is 3.47. The van der Waals surface area contributed by atoms with E-state index in [9.17, 15) is 14.7 Å². The number of carboxylic acid groups (broad SMARTS) is 1. The van der Waals surface area contributed by atoms with Crippen LogP contribution in [0.3, 0.4) is 0 Å². The maximum absolute atomic E-state index is 13.0. The third kappa shape index (κ3) is 2.86. The summed E-state index contributed by atoms with van der Waals surface area (Å²) < 4.78 is 5.19. The average Bonchev–Trinajstić information content (AvgIpc) is 2.61. The molecule has 0 bridgehead atoms. The highest BCUT2D eigenvalue weighted by Crippen LogP contribution is 2.44. The fraction of sp³-hybridized carbons (Fsp3) is 0.300. The Morgan fingerprint density at radius 2 is 1.76 bits per heavy atom. The first kappa shape index (κ1) is 17.0. The highest BCUT2D eigenvalue weighted by Gasteiger charge is 2.45. The summed E-state index contributed by atoms with van der Waals surface area (Å²) in [5.74, 6) is -1.20. The van der Waals surface area contributed by atoms with E-state index in [4.69, 9.17) is 4.74 Å². The number of amides is 1. The summed E-state index contributed by atoms with van der Waals surface area (Å²) in [6, 6.07) is 13.5. The van der Waals surface area contributed by atoms with Gasteiger partial charge >= 0.3 is 5.97 Å². The lowest BCUT2D eigenvalue weighted by Crippen LogP contribution is -2.48. The molecule has 5 nitrogen and oxygen atoms in total. The van der Waals surface area contributed by atoms with Crippen molar-refractivity contribution in [2.75, 3.05) is 7.11 Å². The van der Waals surface area contributed by atoms with E-state index in [0.29, 0.717) is 16.9 Å². The third-order valence-corrected chi connectivity index (χ3v) is 4.66. The van der Waals surface area contributed by atoms with Gasteiger partial charge in [-0.3, -0.25) is 9.59 Å². The standard InChI is InChI=1S/C20H21NO4/c1-12(2)21-18(13-8-10-14(25-3)11-9-13)17(20(23)24)15-6-4-5-7-16(15)19(21)22/h4-12,17-18H,1-3H3,(H,23,24). The summed E-state index contributed by atoms with van der Waals surface area (Å²) in [6.45, 7) is 3.81. The molecule has 0 saturated carbocycles. The summed E-state index contributed by atoms with van der Waals surface area (Å²) in [6.07, 6.45) is 0. The monoisotopic (exact) mass is 339 g/mol. The van der Waals surface area contributed by atoms with E-state index >= 15 is 0 Å². The first-order chi connectivity index (χ1) is 12.0. The molecule has 0 saturated heterocycles. The summed E-state index contributed by atoms with van der Waals surface area (Å²) >= 11 is 0. The zero-order chi connectivity index (χ0) is 18.1. The van der Waals surface area contributed by atoms with Crippen LogP contribution in [0.5, 0.6) is 5.75 Å². The Labute approximate surface area is 146 Å². The van der Waals surface area contributed by atoms with Gasteiger partial charge in [-0.2, -0.15) is 0 Å². The molecule has 2 atom stereocenters. The largest absolute Gasteiger partial charge is 0.497 e. The highest BCUT2D eigenvalue weighted by molar-refractivity contribution is 6.00. The molecular formula is C20H21NO4. The molecule has 5 heteroatoms. The number of rotatable bonds is 4. The van der Waals surface area contributed by atoms with Crippen LogP contribution in [0.1, 0.15) is 47.3 Å². The van der Waals surface area contributed by atoms with Crippen molar-refractivity contribution in [2.24, 2.45) is 0 Å². The predicted molar refractivity (Wildman–Crippen MR) is 93.9 cm³/mol. The van der Waals surface area contributed by atoms with E-state index in [1.807, 2.05) is 26.0 Å². The lowest BCUT2D eigenvalue weighted by Gasteiger charge is -2.43. The number of carboxylic acids is 1. The number of nitrogens with zero attached hydrogens (tertiary/aromatic N) is 1. The molecule has 1 aliphatic rings. The van der Waals surface area contributed by atoms with Crippen LogP contribution in [0, 0.1) is 0 Å². The van der Waals surface area contributed by atoms with E-state index in [1.54, 1.807) is 48.4 Å². The van der Waals surface area contributed by atoms with Crippen LogP contribution in [0.2, 0.25) is 0 Å². The number of hydrogen-bond acceptors (Lipinski definition) is 3. The quantitative estimate of drug-likeness (QED) is 0.926. The van der Waals surface area contributed by atoms with Crippen molar-refractivity contribution in [3.63, 3.8) is 0 Å². The fourth-order valence-corrected chi connectivity index (χ4v) is 3.54. The molecule has 0 radical (unpaired) electrons. The Kier molecular flexibility index (Phi) is 4.49. The Morgan fingerprint density at radius 3 is 2.32 bits per heavy atom. The number of fused-ring (bicyclic) bond motifs is 1. The molecule has 130 valence electrons. The zero-order valence-electron chi connectivity index (χ0n) is 14.5. The van der Waals surface area contributed by atoms with Crippen LogP contribution in [-0.2, 0) is 4.79 Å². The van der Waals surface area contributed by atoms with Gasteiger partial charge in [0.05, 0.1) is 13.2 Å². The van der Waals surface area contributed by atoms with Gasteiger partial charge in [-0.25, -0.2) is 0 Å². The SMILES string of the molecule is COc1ccc(C2C(C(=O)O)c3ccccc3C(=O)N2C(C)C)cc1. The van der Waals surface area contributed by atoms with Crippen molar-refractivity contribution in [2.45, 2.75) is 31.8 Å². The molecule has 0 aromatic heterocycles. The lowest BCUT2D eigenvalue weighted by molar-refractivity contribution is -0.140. The number of aliphatic carboxylic acids is 1. The lowest BCUT2D eigenvalue weighted by atomic mass is 9.79. The molecule has 1 heterocycles. The van der Waals surface area contributed by atoms with Crippen molar-refractivity contribution < 1.29 is 19.4 Å². The molecule has 0 spiro atoms. The number of hydrogen-bond donors (Lipinski definition) is 1. The summed E-state index contributed by atoms with van der Waals surface area (Å²) in [5, 5.41) is 9.94. The van der Waals surface area contributed by atoms with Crippen molar-refractivity contribution in [1.29, 1.82) is 0 Å². The van der Waals surface area contributed by atoms with Gasteiger partial charge in [0.1, 0.15) is 11.7 Å². The number of carbonyl (C=O) groups excluding carboxylic acids is 1. The molecule has 0 fully saturated rings. The Balaban J connectivity index is 2.20. The van der Waals surface area contributed by atoms with Gasteiger partial charge in [-0.05, 0) is 43.2 Å². The molecule has 1 amide bonds. The Morgan fingerprint density at radius 1 is 1.12 bits per heavy atom. The average molecular weight is 339 g/mol. The van der Waals surface area contributed by atoms with Crippen LogP contribution in [0.15, 0.2) is 48.5 Å². The Hall–Kier alpha value is -2.82. The molecule has 3 rings (SSSR count). The second-order valence-corrected chi connectivity index (χ2v) is 6.43. The first-order valence-electron chi connectivity index (χ1n) is 8.24. The van der Waals surface area contributed by atoms with E-state index in [-0.39, 0.29) is 11.9 Å².